The molecule has 3 rings (SSSR count). The number of anilines is 1. The van der Waals surface area contributed by atoms with Gasteiger partial charge in [0, 0.05) is 23.3 Å². The summed E-state index contributed by atoms with van der Waals surface area (Å²) in [7, 11) is 0. The molecule has 0 spiro atoms. The lowest BCUT2D eigenvalue weighted by atomic mass is 10.2. The van der Waals surface area contributed by atoms with Crippen molar-refractivity contribution in [3.05, 3.63) is 34.3 Å². The Morgan fingerprint density at radius 3 is 1.95 bits per heavy atom. The van der Waals surface area contributed by atoms with Crippen molar-refractivity contribution >= 4 is 68.2 Å². The van der Waals surface area contributed by atoms with Crippen LogP contribution in [-0.4, -0.2) is 35.4 Å². The molecule has 6 nitrogen and oxygen atoms in total. The lowest BCUT2D eigenvalue weighted by Crippen LogP contribution is -2.29. The van der Waals surface area contributed by atoms with Gasteiger partial charge in [-0.25, -0.2) is 14.1 Å². The molecule has 0 atom stereocenters. The van der Waals surface area contributed by atoms with Gasteiger partial charge in [-0.05, 0) is 70.4 Å². The van der Waals surface area contributed by atoms with Gasteiger partial charge in [0.1, 0.15) is 11.6 Å². The van der Waals surface area contributed by atoms with Crippen LogP contribution >= 0.6 is 50.5 Å². The molecule has 41 heavy (non-hydrogen) atoms. The Morgan fingerprint density at radius 2 is 1.51 bits per heavy atom. The maximum atomic E-state index is 14.3. The number of hydrogen-bond acceptors (Lipinski definition) is 8. The third-order valence-electron chi connectivity index (χ3n) is 6.30. The van der Waals surface area contributed by atoms with Gasteiger partial charge in [-0.15, -0.1) is 0 Å². The molecule has 0 aromatic heterocycles. The zero-order valence-electron chi connectivity index (χ0n) is 24.8. The Hall–Kier alpha value is -0.800. The van der Waals surface area contributed by atoms with Crippen molar-refractivity contribution in [3.63, 3.8) is 0 Å². The van der Waals surface area contributed by atoms with Gasteiger partial charge in [0.25, 0.3) is 0 Å². The molecule has 12 heteroatoms. The molecule has 0 radical (unpaired) electrons. The van der Waals surface area contributed by atoms with Gasteiger partial charge in [0.05, 0.1) is 16.8 Å². The van der Waals surface area contributed by atoms with Crippen LogP contribution in [0, 0.1) is 5.82 Å². The van der Waals surface area contributed by atoms with Crippen LogP contribution in [0.2, 0.25) is 5.02 Å². The van der Waals surface area contributed by atoms with Crippen LogP contribution in [0.4, 0.5) is 14.9 Å². The van der Waals surface area contributed by atoms with E-state index in [2.05, 4.69) is 20.8 Å². The second-order valence-corrected chi connectivity index (χ2v) is 22.4. The number of rotatable bonds is 15. The fourth-order valence-corrected chi connectivity index (χ4v) is 16.1. The first-order valence-corrected chi connectivity index (χ1v) is 21.4. The molecular formula is C29H44ClFNO5PS3. The first-order chi connectivity index (χ1) is 19.6. The number of allylic oxidation sites excluding steroid dienone is 1. The number of carbonyl (C=O) groups excluding carboxylic acids is 2. The Morgan fingerprint density at radius 1 is 1.00 bits per heavy atom. The number of ether oxygens (including phenoxy) is 2. The minimum absolute atomic E-state index is 0.00962. The molecule has 0 bridgehead atoms. The summed E-state index contributed by atoms with van der Waals surface area (Å²) in [5, 5.41) is 0.102. The molecule has 1 aromatic carbocycles. The number of unbranched alkanes of at least 4 members (excludes halogenated alkanes) is 3. The zero-order chi connectivity index (χ0) is 30.4. The summed E-state index contributed by atoms with van der Waals surface area (Å²) in [5.41, 5.74) is 0.311. The van der Waals surface area contributed by atoms with Crippen molar-refractivity contribution in [2.75, 3.05) is 22.2 Å². The van der Waals surface area contributed by atoms with E-state index in [0.29, 0.717) is 10.5 Å². The molecule has 2 fully saturated rings. The molecule has 1 aliphatic carbocycles. The van der Waals surface area contributed by atoms with E-state index in [1.54, 1.807) is 48.0 Å². The molecule has 0 unspecified atom stereocenters. The predicted molar refractivity (Wildman–Crippen MR) is 176 cm³/mol. The van der Waals surface area contributed by atoms with Crippen LogP contribution in [0.1, 0.15) is 98.8 Å². The summed E-state index contributed by atoms with van der Waals surface area (Å²) < 4.78 is 35.7. The summed E-state index contributed by atoms with van der Waals surface area (Å²) in [6.45, 7) is 9.85. The first-order valence-electron chi connectivity index (χ1n) is 14.5. The van der Waals surface area contributed by atoms with E-state index >= 15 is 0 Å². The lowest BCUT2D eigenvalue weighted by molar-refractivity contribution is -0.114. The number of carbonyl (C=O) groups is 2. The number of imide groups is 1. The molecule has 1 saturated carbocycles. The summed E-state index contributed by atoms with van der Waals surface area (Å²) in [4.78, 5) is 25.0. The van der Waals surface area contributed by atoms with E-state index in [1.807, 2.05) is 0 Å². The van der Waals surface area contributed by atoms with Crippen LogP contribution in [0.3, 0.4) is 0 Å². The third kappa shape index (κ3) is 11.7. The number of amides is 2. The number of benzene rings is 1. The maximum Gasteiger partial charge on any atom is 0.427 e. The van der Waals surface area contributed by atoms with E-state index in [1.165, 1.54) is 44.6 Å². The second kappa shape index (κ2) is 18.8. The van der Waals surface area contributed by atoms with Gasteiger partial charge >= 0.3 is 12.0 Å². The second-order valence-electron chi connectivity index (χ2n) is 10.1. The first kappa shape index (κ1) is 36.4. The fraction of sp³-hybridized carbons (Fsp3) is 0.655. The summed E-state index contributed by atoms with van der Waals surface area (Å²) in [5.74, 6) is 1.86. The lowest BCUT2D eigenvalue weighted by Gasteiger charge is -2.18. The predicted octanol–water partition coefficient (Wildman–Crippen LogP) is 11.3. The van der Waals surface area contributed by atoms with Gasteiger partial charge in [-0.1, -0.05) is 85.8 Å². The van der Waals surface area contributed by atoms with E-state index in [-0.39, 0.29) is 28.3 Å². The van der Waals surface area contributed by atoms with Gasteiger partial charge in [0.15, 0.2) is 5.76 Å². The quantitative estimate of drug-likeness (QED) is 0.104. The van der Waals surface area contributed by atoms with E-state index in [4.69, 9.17) is 21.1 Å². The Labute approximate surface area is 262 Å². The average molecular weight is 668 g/mol. The Bertz CT molecular complexity index is 1060. The van der Waals surface area contributed by atoms with Crippen LogP contribution in [0.5, 0.6) is 5.75 Å². The average Bonchev–Trinajstić information content (AvgIpc) is 3.54. The minimum Gasteiger partial charge on any atom is -0.489 e. The molecule has 0 N–H and O–H groups in total. The number of hydrogen-bond donors (Lipinski definition) is 0. The molecule has 2 aliphatic rings. The fourth-order valence-electron chi connectivity index (χ4n) is 3.92. The molecule has 1 aromatic rings. The number of cyclic esters (lactones) is 1. The van der Waals surface area contributed by atoms with Gasteiger partial charge < -0.3 is 9.47 Å². The summed E-state index contributed by atoms with van der Waals surface area (Å²) >= 11 is 11.2. The Balaban J connectivity index is 0.000000307. The monoisotopic (exact) mass is 667 g/mol. The van der Waals surface area contributed by atoms with Gasteiger partial charge in [-0.3, -0.25) is 9.36 Å². The van der Waals surface area contributed by atoms with E-state index in [0.717, 1.165) is 49.0 Å². The van der Waals surface area contributed by atoms with Crippen molar-refractivity contribution in [2.45, 2.75) is 105 Å². The molecule has 1 saturated heterocycles. The summed E-state index contributed by atoms with van der Waals surface area (Å²) in [6, 6.07) is 2.32. The van der Waals surface area contributed by atoms with Crippen molar-refractivity contribution in [1.29, 1.82) is 0 Å². The Kier molecular flexibility index (Phi) is 16.7. The number of nitrogens with zero attached hydrogens (tertiary/aromatic N) is 1. The zero-order valence-corrected chi connectivity index (χ0v) is 28.9. The highest BCUT2D eigenvalue weighted by molar-refractivity contribution is 9.14. The van der Waals surface area contributed by atoms with Gasteiger partial charge in [-0.2, -0.15) is 0 Å². The maximum absolute atomic E-state index is 14.3. The summed E-state index contributed by atoms with van der Waals surface area (Å²) in [6.07, 6.45) is 10.2. The number of halogens is 2. The van der Waals surface area contributed by atoms with Gasteiger partial charge in [0.2, 0.25) is 4.75 Å². The largest absolute Gasteiger partial charge is 0.489 e. The van der Waals surface area contributed by atoms with Crippen LogP contribution < -0.4 is 9.64 Å². The van der Waals surface area contributed by atoms with E-state index in [9.17, 15) is 18.5 Å². The SMILES string of the molecule is CC(C)=C1OC(=O)N(c2cc(OC3CCCC3)c(Cl)cc2F)C1=O.CCCCSP(=O)(SCCCC)SCCCC. The smallest absolute Gasteiger partial charge is 0.427 e. The molecule has 1 aliphatic heterocycles. The molecule has 232 valence electrons. The van der Waals surface area contributed by atoms with Crippen LogP contribution in [-0.2, 0) is 14.1 Å². The highest BCUT2D eigenvalue weighted by Gasteiger charge is 2.40. The normalized spacial score (nSPS) is 15.7. The highest BCUT2D eigenvalue weighted by Crippen LogP contribution is 2.78. The van der Waals surface area contributed by atoms with Crippen molar-refractivity contribution < 1.29 is 28.0 Å². The molecule has 2 amide bonds. The molecule has 1 heterocycles. The van der Waals surface area contributed by atoms with Crippen molar-refractivity contribution in [3.8, 4) is 5.75 Å². The topological polar surface area (TPSA) is 72.9 Å². The van der Waals surface area contributed by atoms with E-state index < -0.39 is 22.6 Å². The van der Waals surface area contributed by atoms with Crippen LogP contribution in [0.25, 0.3) is 0 Å². The van der Waals surface area contributed by atoms with Crippen molar-refractivity contribution in [2.24, 2.45) is 0 Å². The minimum atomic E-state index is -2.06. The van der Waals surface area contributed by atoms with Crippen molar-refractivity contribution in [1.82, 2.24) is 0 Å². The third-order valence-corrected chi connectivity index (χ3v) is 19.1. The molecular weight excluding hydrogens is 624 g/mol. The highest BCUT2D eigenvalue weighted by atomic mass is 35.5. The van der Waals surface area contributed by atoms with Crippen LogP contribution in [0.15, 0.2) is 23.5 Å². The standard InChI is InChI=1S/C17H17ClFNO4.C12H27OPS3/c1-9(2)15-16(21)20(17(22)24-15)13-8-14(11(18)7-12(13)19)23-10-5-3-4-6-10;1-4-7-10-15-14(13,16-11-8-5-2)17-12-9-6-3/h7-8,10H,3-6H2,1-2H3;4-12H2,1-3H3.